The van der Waals surface area contributed by atoms with E-state index in [0.29, 0.717) is 24.0 Å². The molecule has 0 aromatic carbocycles. The number of hydrogen-bond donors (Lipinski definition) is 1. The Labute approximate surface area is 258 Å². The molecule has 0 heterocycles. The number of rotatable bonds is 10. The summed E-state index contributed by atoms with van der Waals surface area (Å²) in [4.78, 5) is 12.2. The summed E-state index contributed by atoms with van der Waals surface area (Å²) in [5.74, 6) is 1.46. The fourth-order valence-electron chi connectivity index (χ4n) is 6.33. The van der Waals surface area contributed by atoms with E-state index in [4.69, 9.17) is 0 Å². The van der Waals surface area contributed by atoms with Gasteiger partial charge in [-0.25, -0.2) is 0 Å². The molecule has 5 unspecified atom stereocenters. The first-order chi connectivity index (χ1) is 19.6. The van der Waals surface area contributed by atoms with Crippen molar-refractivity contribution in [3.05, 3.63) is 107 Å². The van der Waals surface area contributed by atoms with Gasteiger partial charge in [0.05, 0.1) is 6.10 Å². The normalized spacial score (nSPS) is 30.2. The molecule has 1 N–H and O–H groups in total. The molecule has 42 heavy (non-hydrogen) atoms. The van der Waals surface area contributed by atoms with Crippen LogP contribution in [-0.4, -0.2) is 17.0 Å². The molecule has 5 atom stereocenters. The molecule has 2 heteroatoms. The van der Waals surface area contributed by atoms with Crippen molar-refractivity contribution in [2.75, 3.05) is 0 Å². The van der Waals surface area contributed by atoms with Gasteiger partial charge in [-0.2, -0.15) is 0 Å². The van der Waals surface area contributed by atoms with Crippen LogP contribution in [0.15, 0.2) is 107 Å². The summed E-state index contributed by atoms with van der Waals surface area (Å²) >= 11 is 0. The Bertz CT molecular complexity index is 1190. The van der Waals surface area contributed by atoms with Gasteiger partial charge in [0, 0.05) is 12.3 Å². The fraction of sp³-hybridized carbons (Fsp3) is 0.525. The number of carbonyl (C=O) groups is 1. The first kappa shape index (κ1) is 35.5. The minimum absolute atomic E-state index is 0.0978. The molecule has 2 aliphatic rings. The predicted octanol–water partition coefficient (Wildman–Crippen LogP) is 10.6. The number of Topliss-reactive ketones (excluding diaryl/α,β-unsaturated/α-hetero) is 1. The Kier molecular flexibility index (Phi) is 13.7. The van der Waals surface area contributed by atoms with E-state index in [-0.39, 0.29) is 28.8 Å². The Hall–Kier alpha value is -2.71. The van der Waals surface area contributed by atoms with Gasteiger partial charge in [0.2, 0.25) is 0 Å². The smallest absolute Gasteiger partial charge is 0.136 e. The zero-order chi connectivity index (χ0) is 31.5. The zero-order valence-electron chi connectivity index (χ0n) is 28.2. The highest BCUT2D eigenvalue weighted by Gasteiger charge is 2.40. The van der Waals surface area contributed by atoms with Crippen molar-refractivity contribution in [2.45, 2.75) is 101 Å². The van der Waals surface area contributed by atoms with Gasteiger partial charge in [0.25, 0.3) is 0 Å². The van der Waals surface area contributed by atoms with E-state index in [0.717, 1.165) is 19.3 Å². The van der Waals surface area contributed by atoms with Gasteiger partial charge in [-0.1, -0.05) is 149 Å². The Morgan fingerprint density at radius 1 is 0.667 bits per heavy atom. The number of aliphatic hydroxyl groups is 1. The molecule has 0 spiro atoms. The maximum atomic E-state index is 12.2. The summed E-state index contributed by atoms with van der Waals surface area (Å²) in [5.41, 5.74) is 5.16. The molecule has 2 saturated carbocycles. The van der Waals surface area contributed by atoms with Crippen molar-refractivity contribution in [3.63, 3.8) is 0 Å². The average Bonchev–Trinajstić information content (AvgIpc) is 2.91. The van der Waals surface area contributed by atoms with Crippen LogP contribution in [0, 0.1) is 34.5 Å². The first-order valence-corrected chi connectivity index (χ1v) is 15.9. The molecule has 230 valence electrons. The summed E-state index contributed by atoms with van der Waals surface area (Å²) in [7, 11) is 0. The highest BCUT2D eigenvalue weighted by Crippen LogP contribution is 2.45. The molecule has 2 rings (SSSR count). The van der Waals surface area contributed by atoms with E-state index in [1.54, 1.807) is 0 Å². The molecule has 0 amide bonds. The van der Waals surface area contributed by atoms with E-state index in [1.807, 2.05) is 0 Å². The van der Waals surface area contributed by atoms with E-state index < -0.39 is 0 Å². The van der Waals surface area contributed by atoms with Gasteiger partial charge in [-0.3, -0.25) is 4.79 Å². The van der Waals surface area contributed by atoms with Crippen molar-refractivity contribution >= 4 is 5.78 Å². The monoisotopic (exact) mass is 570 g/mol. The largest absolute Gasteiger partial charge is 0.393 e. The van der Waals surface area contributed by atoms with Gasteiger partial charge in [0.1, 0.15) is 5.78 Å². The summed E-state index contributed by atoms with van der Waals surface area (Å²) in [6.07, 6.45) is 33.4. The highest BCUT2D eigenvalue weighted by molar-refractivity contribution is 5.82. The first-order valence-electron chi connectivity index (χ1n) is 15.9. The Balaban J connectivity index is 1.88. The van der Waals surface area contributed by atoms with Gasteiger partial charge >= 0.3 is 0 Å². The number of carbonyl (C=O) groups excluding carboxylic acids is 1. The predicted molar refractivity (Wildman–Crippen MR) is 183 cm³/mol. The Morgan fingerprint density at radius 2 is 1.10 bits per heavy atom. The van der Waals surface area contributed by atoms with E-state index in [1.165, 1.54) is 22.3 Å². The molecule has 0 radical (unpaired) electrons. The quantitative estimate of drug-likeness (QED) is 0.265. The number of ketones is 1. The van der Waals surface area contributed by atoms with E-state index >= 15 is 0 Å². The van der Waals surface area contributed by atoms with Crippen LogP contribution in [0.25, 0.3) is 0 Å². The second kappa shape index (κ2) is 16.2. The van der Waals surface area contributed by atoms with Crippen LogP contribution in [0.5, 0.6) is 0 Å². The van der Waals surface area contributed by atoms with Gasteiger partial charge in [-0.15, -0.1) is 0 Å². The maximum absolute atomic E-state index is 12.2. The van der Waals surface area contributed by atoms with Crippen LogP contribution in [-0.2, 0) is 4.79 Å². The average molecular weight is 571 g/mol. The van der Waals surface area contributed by atoms with Crippen LogP contribution in [0.4, 0.5) is 0 Å². The Morgan fingerprint density at radius 3 is 1.62 bits per heavy atom. The fourth-order valence-corrected chi connectivity index (χ4v) is 6.33. The van der Waals surface area contributed by atoms with Gasteiger partial charge < -0.3 is 5.11 Å². The van der Waals surface area contributed by atoms with Gasteiger partial charge in [0.15, 0.2) is 0 Å². The van der Waals surface area contributed by atoms with E-state index in [2.05, 4.69) is 154 Å². The number of allylic oxidation sites excluding steroid dienone is 18. The summed E-state index contributed by atoms with van der Waals surface area (Å²) in [6.45, 7) is 21.9. The van der Waals surface area contributed by atoms with Crippen molar-refractivity contribution < 1.29 is 9.90 Å². The van der Waals surface area contributed by atoms with Gasteiger partial charge in [-0.05, 0) is 75.5 Å². The molecule has 0 aliphatic heterocycles. The summed E-state index contributed by atoms with van der Waals surface area (Å²) < 4.78 is 0. The van der Waals surface area contributed by atoms with Crippen LogP contribution in [0.2, 0.25) is 0 Å². The minimum Gasteiger partial charge on any atom is -0.393 e. The second-order valence-electron chi connectivity index (χ2n) is 14.2. The number of hydrogen-bond acceptors (Lipinski definition) is 2. The third-order valence-electron chi connectivity index (χ3n) is 9.52. The van der Waals surface area contributed by atoms with Crippen LogP contribution in [0.1, 0.15) is 94.9 Å². The molecule has 2 fully saturated rings. The topological polar surface area (TPSA) is 37.3 Å². The second-order valence-corrected chi connectivity index (χ2v) is 14.2. The third-order valence-corrected chi connectivity index (χ3v) is 9.52. The van der Waals surface area contributed by atoms with Crippen molar-refractivity contribution in [1.29, 1.82) is 0 Å². The maximum Gasteiger partial charge on any atom is 0.136 e. The van der Waals surface area contributed by atoms with Crippen molar-refractivity contribution in [3.8, 4) is 0 Å². The lowest BCUT2D eigenvalue weighted by atomic mass is 9.63. The SMILES string of the molecule is CC(/C=C/C=C(C)/C=C/C1C(C)C(=O)CCC1(C)C)=C\C=C\C=C(C)\C=C\C=C(C)\C=C\C1C(C)C(O)CCC1(C)C. The molecule has 0 aromatic heterocycles. The minimum atomic E-state index is -0.196. The molecule has 0 bridgehead atoms. The molecular formula is C40H58O2. The third kappa shape index (κ3) is 11.2. The lowest BCUT2D eigenvalue weighted by molar-refractivity contribution is -0.128. The molecule has 2 aliphatic carbocycles. The van der Waals surface area contributed by atoms with Crippen molar-refractivity contribution in [1.82, 2.24) is 0 Å². The van der Waals surface area contributed by atoms with Crippen LogP contribution >= 0.6 is 0 Å². The van der Waals surface area contributed by atoms with Crippen LogP contribution in [0.3, 0.4) is 0 Å². The number of aliphatic hydroxyl groups excluding tert-OH is 1. The van der Waals surface area contributed by atoms with Crippen molar-refractivity contribution in [2.24, 2.45) is 34.5 Å². The molecular weight excluding hydrogens is 512 g/mol. The molecule has 2 nitrogen and oxygen atoms in total. The standard InChI is InChI=1S/C40H58O2/c1-29(17-13-19-31(3)21-23-35-33(5)37(41)25-27-39(35,7)8)15-11-12-16-30(2)18-14-20-32(4)22-24-36-34(6)38(42)26-28-40(36,9)10/h11-24,33-37,41H,25-28H2,1-10H3/b12-11+,17-13+,18-14+,23-21+,24-22+,29-15+,30-16+,31-19+,32-20+. The molecule has 0 aromatic rings. The lowest BCUT2D eigenvalue weighted by Crippen LogP contribution is -2.40. The van der Waals surface area contributed by atoms with Crippen LogP contribution < -0.4 is 0 Å². The summed E-state index contributed by atoms with van der Waals surface area (Å²) in [6, 6.07) is 0. The highest BCUT2D eigenvalue weighted by atomic mass is 16.3. The molecule has 0 saturated heterocycles. The van der Waals surface area contributed by atoms with E-state index in [9.17, 15) is 9.90 Å². The summed E-state index contributed by atoms with van der Waals surface area (Å²) in [5, 5.41) is 10.3. The lowest BCUT2D eigenvalue weighted by Gasteiger charge is -2.44. The zero-order valence-corrected chi connectivity index (χ0v) is 28.2.